The van der Waals surface area contributed by atoms with Crippen molar-refractivity contribution in [1.82, 2.24) is 5.32 Å². The third-order valence-electron chi connectivity index (χ3n) is 3.83. The number of ether oxygens (including phenoxy) is 1. The van der Waals surface area contributed by atoms with Crippen LogP contribution in [0, 0.1) is 20.8 Å². The van der Waals surface area contributed by atoms with E-state index in [1.54, 1.807) is 11.8 Å². The summed E-state index contributed by atoms with van der Waals surface area (Å²) >= 11 is 1.74. The fourth-order valence-electron chi connectivity index (χ4n) is 2.58. The summed E-state index contributed by atoms with van der Waals surface area (Å²) in [5.41, 5.74) is 3.53. The zero-order chi connectivity index (χ0) is 18.2. The molecule has 0 aromatic heterocycles. The van der Waals surface area contributed by atoms with Crippen LogP contribution in [0.2, 0.25) is 0 Å². The average Bonchev–Trinajstić information content (AvgIpc) is 2.57. The van der Waals surface area contributed by atoms with Crippen molar-refractivity contribution in [2.75, 3.05) is 12.3 Å². The van der Waals surface area contributed by atoms with Crippen LogP contribution in [0.5, 0.6) is 5.75 Å². The summed E-state index contributed by atoms with van der Waals surface area (Å²) in [4.78, 5) is 13.6. The number of carbonyl (C=O) groups is 1. The quantitative estimate of drug-likeness (QED) is 0.551. The second kappa shape index (κ2) is 9.52. The van der Waals surface area contributed by atoms with E-state index in [-0.39, 0.29) is 5.91 Å². The minimum Gasteiger partial charge on any atom is -0.481 e. The van der Waals surface area contributed by atoms with Crippen LogP contribution in [0.4, 0.5) is 0 Å². The highest BCUT2D eigenvalue weighted by atomic mass is 32.2. The number of nitrogens with one attached hydrogen (secondary N) is 1. The first-order chi connectivity index (χ1) is 12.0. The Morgan fingerprint density at radius 2 is 1.68 bits per heavy atom. The predicted molar refractivity (Wildman–Crippen MR) is 106 cm³/mol. The third-order valence-corrected chi connectivity index (χ3v) is 4.84. The van der Waals surface area contributed by atoms with E-state index in [1.807, 2.05) is 32.9 Å². The Labute approximate surface area is 155 Å². The Bertz CT molecular complexity index is 677. The van der Waals surface area contributed by atoms with Gasteiger partial charge in [-0.05, 0) is 62.6 Å². The maximum absolute atomic E-state index is 12.4. The van der Waals surface area contributed by atoms with Crippen molar-refractivity contribution in [1.29, 1.82) is 0 Å². The van der Waals surface area contributed by atoms with E-state index in [2.05, 4.69) is 42.6 Å². The van der Waals surface area contributed by atoms with Crippen LogP contribution in [0.1, 0.15) is 30.0 Å². The zero-order valence-corrected chi connectivity index (χ0v) is 16.3. The molecule has 0 bridgehead atoms. The smallest absolute Gasteiger partial charge is 0.261 e. The number of benzene rings is 2. The molecular formula is C21H27NO2S. The van der Waals surface area contributed by atoms with Gasteiger partial charge in [-0.1, -0.05) is 30.7 Å². The van der Waals surface area contributed by atoms with Crippen LogP contribution < -0.4 is 10.1 Å². The SMILES string of the molecule is CCC(Oc1cc(C)cc(C)c1)C(=O)NCCSc1ccc(C)cc1. The molecule has 2 aromatic carbocycles. The highest BCUT2D eigenvalue weighted by Gasteiger charge is 2.18. The fourth-order valence-corrected chi connectivity index (χ4v) is 3.35. The number of amides is 1. The lowest BCUT2D eigenvalue weighted by molar-refractivity contribution is -0.127. The molecule has 1 unspecified atom stereocenters. The standard InChI is InChI=1S/C21H27NO2S/c1-5-20(24-18-13-16(3)12-17(4)14-18)21(23)22-10-11-25-19-8-6-15(2)7-9-19/h6-9,12-14,20H,5,10-11H2,1-4H3,(H,22,23). The molecule has 0 saturated heterocycles. The molecule has 0 aliphatic heterocycles. The molecule has 2 aromatic rings. The van der Waals surface area contributed by atoms with Crippen molar-refractivity contribution >= 4 is 17.7 Å². The van der Waals surface area contributed by atoms with Crippen molar-refractivity contribution in [2.45, 2.75) is 45.1 Å². The molecule has 0 aliphatic carbocycles. The molecule has 0 saturated carbocycles. The second-order valence-electron chi connectivity index (χ2n) is 6.29. The van der Waals surface area contributed by atoms with E-state index >= 15 is 0 Å². The van der Waals surface area contributed by atoms with E-state index < -0.39 is 6.10 Å². The first-order valence-electron chi connectivity index (χ1n) is 8.70. The largest absolute Gasteiger partial charge is 0.481 e. The van der Waals surface area contributed by atoms with Gasteiger partial charge < -0.3 is 10.1 Å². The second-order valence-corrected chi connectivity index (χ2v) is 7.46. The lowest BCUT2D eigenvalue weighted by atomic mass is 10.1. The van der Waals surface area contributed by atoms with Crippen molar-refractivity contribution < 1.29 is 9.53 Å². The summed E-state index contributed by atoms with van der Waals surface area (Å²) in [6, 6.07) is 14.5. The van der Waals surface area contributed by atoms with Gasteiger partial charge in [-0.3, -0.25) is 4.79 Å². The topological polar surface area (TPSA) is 38.3 Å². The fraction of sp³-hybridized carbons (Fsp3) is 0.381. The predicted octanol–water partition coefficient (Wildman–Crippen LogP) is 4.68. The number of hydrogen-bond acceptors (Lipinski definition) is 3. The van der Waals surface area contributed by atoms with E-state index in [1.165, 1.54) is 10.5 Å². The number of hydrogen-bond donors (Lipinski definition) is 1. The van der Waals surface area contributed by atoms with Crippen LogP contribution in [0.25, 0.3) is 0 Å². The van der Waals surface area contributed by atoms with Crippen LogP contribution in [0.15, 0.2) is 47.4 Å². The number of thioether (sulfide) groups is 1. The highest BCUT2D eigenvalue weighted by Crippen LogP contribution is 2.19. The summed E-state index contributed by atoms with van der Waals surface area (Å²) in [6.07, 6.45) is 0.190. The summed E-state index contributed by atoms with van der Waals surface area (Å²) in [6.45, 7) is 8.74. The van der Waals surface area contributed by atoms with Crippen LogP contribution in [0.3, 0.4) is 0 Å². The molecule has 3 nitrogen and oxygen atoms in total. The van der Waals surface area contributed by atoms with Crippen LogP contribution in [-0.4, -0.2) is 24.3 Å². The van der Waals surface area contributed by atoms with Crippen molar-refractivity contribution in [3.8, 4) is 5.75 Å². The maximum Gasteiger partial charge on any atom is 0.261 e. The summed E-state index contributed by atoms with van der Waals surface area (Å²) in [7, 11) is 0. The van der Waals surface area contributed by atoms with Gasteiger partial charge in [-0.15, -0.1) is 11.8 Å². The Morgan fingerprint density at radius 3 is 2.28 bits per heavy atom. The zero-order valence-electron chi connectivity index (χ0n) is 15.5. The molecule has 2 rings (SSSR count). The normalized spacial score (nSPS) is 11.8. The molecule has 1 amide bonds. The van der Waals surface area contributed by atoms with Gasteiger partial charge in [0.05, 0.1) is 0 Å². The number of rotatable bonds is 8. The van der Waals surface area contributed by atoms with Gasteiger partial charge in [0.2, 0.25) is 0 Å². The molecule has 0 aliphatic rings. The number of carbonyl (C=O) groups excluding carboxylic acids is 1. The van der Waals surface area contributed by atoms with E-state index in [9.17, 15) is 4.79 Å². The molecule has 134 valence electrons. The monoisotopic (exact) mass is 357 g/mol. The molecule has 0 radical (unpaired) electrons. The molecule has 1 atom stereocenters. The van der Waals surface area contributed by atoms with Crippen molar-refractivity contribution in [3.05, 3.63) is 59.2 Å². The summed E-state index contributed by atoms with van der Waals surface area (Å²) in [5.74, 6) is 1.55. The molecule has 25 heavy (non-hydrogen) atoms. The molecule has 4 heteroatoms. The van der Waals surface area contributed by atoms with E-state index in [4.69, 9.17) is 4.74 Å². The summed E-state index contributed by atoms with van der Waals surface area (Å²) in [5, 5.41) is 2.98. The molecule has 0 heterocycles. The molecule has 0 spiro atoms. The highest BCUT2D eigenvalue weighted by molar-refractivity contribution is 7.99. The number of aryl methyl sites for hydroxylation is 3. The Balaban J connectivity index is 1.80. The lowest BCUT2D eigenvalue weighted by Gasteiger charge is -2.18. The summed E-state index contributed by atoms with van der Waals surface area (Å²) < 4.78 is 5.90. The first kappa shape index (κ1) is 19.4. The van der Waals surface area contributed by atoms with E-state index in [0.29, 0.717) is 13.0 Å². The Morgan fingerprint density at radius 1 is 1.04 bits per heavy atom. The average molecular weight is 358 g/mol. The Kier molecular flexibility index (Phi) is 7.38. The Hall–Kier alpha value is -1.94. The minimum atomic E-state index is -0.453. The van der Waals surface area contributed by atoms with E-state index in [0.717, 1.165) is 22.6 Å². The van der Waals surface area contributed by atoms with Gasteiger partial charge >= 0.3 is 0 Å². The van der Waals surface area contributed by atoms with Crippen LogP contribution in [-0.2, 0) is 4.79 Å². The van der Waals surface area contributed by atoms with Crippen LogP contribution >= 0.6 is 11.8 Å². The maximum atomic E-state index is 12.4. The van der Waals surface area contributed by atoms with Gasteiger partial charge in [-0.2, -0.15) is 0 Å². The lowest BCUT2D eigenvalue weighted by Crippen LogP contribution is -2.39. The van der Waals surface area contributed by atoms with Gasteiger partial charge in [-0.25, -0.2) is 0 Å². The van der Waals surface area contributed by atoms with Gasteiger partial charge in [0, 0.05) is 17.2 Å². The third kappa shape index (κ3) is 6.46. The van der Waals surface area contributed by atoms with Crippen molar-refractivity contribution in [2.24, 2.45) is 0 Å². The van der Waals surface area contributed by atoms with Gasteiger partial charge in [0.1, 0.15) is 5.75 Å². The molecule has 0 fully saturated rings. The van der Waals surface area contributed by atoms with Crippen molar-refractivity contribution in [3.63, 3.8) is 0 Å². The van der Waals surface area contributed by atoms with Gasteiger partial charge in [0.15, 0.2) is 6.10 Å². The van der Waals surface area contributed by atoms with Gasteiger partial charge in [0.25, 0.3) is 5.91 Å². The molecule has 1 N–H and O–H groups in total. The first-order valence-corrected chi connectivity index (χ1v) is 9.68. The molecular weight excluding hydrogens is 330 g/mol. The minimum absolute atomic E-state index is 0.0498.